The number of aliphatic hydroxyl groups excluding tert-OH is 1. The van der Waals surface area contributed by atoms with Gasteiger partial charge in [-0.05, 0) is 28.5 Å². The Morgan fingerprint density at radius 1 is 1.00 bits per heavy atom. The van der Waals surface area contributed by atoms with Crippen molar-refractivity contribution in [3.05, 3.63) is 35.4 Å². The van der Waals surface area contributed by atoms with Crippen LogP contribution in [0.3, 0.4) is 0 Å². The first kappa shape index (κ1) is 21.2. The Kier molecular flexibility index (Phi) is 7.17. The Balaban J connectivity index is 2.38. The van der Waals surface area contributed by atoms with Gasteiger partial charge >= 0.3 is 0 Å². The van der Waals surface area contributed by atoms with Gasteiger partial charge in [0, 0.05) is 25.1 Å². The van der Waals surface area contributed by atoms with Crippen LogP contribution in [0.15, 0.2) is 24.3 Å². The molecule has 0 heterocycles. The van der Waals surface area contributed by atoms with Crippen LogP contribution in [0, 0.1) is 5.41 Å². The first-order chi connectivity index (χ1) is 11.4. The lowest BCUT2D eigenvalue weighted by Crippen LogP contribution is -2.40. The topological polar surface area (TPSA) is 78.4 Å². The molecule has 0 fully saturated rings. The molecule has 1 rings (SSSR count). The summed E-state index contributed by atoms with van der Waals surface area (Å²) in [6.07, 6.45) is -0.421. The minimum absolute atomic E-state index is 0.0463. The SMILES string of the molecule is CC(C)(C)c1ccc(C(=O)NCCC(=O)NCC(O)C(C)(C)C)cc1. The molecule has 0 saturated heterocycles. The molecule has 0 aliphatic rings. The zero-order valence-electron chi connectivity index (χ0n) is 16.3. The molecule has 1 aromatic rings. The van der Waals surface area contributed by atoms with Gasteiger partial charge in [-0.25, -0.2) is 0 Å². The van der Waals surface area contributed by atoms with E-state index in [1.165, 1.54) is 5.56 Å². The van der Waals surface area contributed by atoms with Crippen LogP contribution in [0.25, 0.3) is 0 Å². The van der Waals surface area contributed by atoms with Crippen molar-refractivity contribution in [1.29, 1.82) is 0 Å². The van der Waals surface area contributed by atoms with Gasteiger partial charge in [0.15, 0.2) is 0 Å². The van der Waals surface area contributed by atoms with Crippen molar-refractivity contribution >= 4 is 11.8 Å². The third-order valence-electron chi connectivity index (χ3n) is 4.14. The Morgan fingerprint density at radius 2 is 1.56 bits per heavy atom. The zero-order chi connectivity index (χ0) is 19.3. The van der Waals surface area contributed by atoms with E-state index >= 15 is 0 Å². The summed E-state index contributed by atoms with van der Waals surface area (Å²) >= 11 is 0. The summed E-state index contributed by atoms with van der Waals surface area (Å²) in [4.78, 5) is 23.9. The molecule has 1 atom stereocenters. The third kappa shape index (κ3) is 7.26. The number of nitrogens with one attached hydrogen (secondary N) is 2. The molecule has 0 spiro atoms. The summed E-state index contributed by atoms with van der Waals surface area (Å²) in [5, 5.41) is 15.3. The highest BCUT2D eigenvalue weighted by Gasteiger charge is 2.22. The molecule has 1 aromatic carbocycles. The first-order valence-corrected chi connectivity index (χ1v) is 8.75. The van der Waals surface area contributed by atoms with Gasteiger partial charge in [0.25, 0.3) is 5.91 Å². The summed E-state index contributed by atoms with van der Waals surface area (Å²) in [6, 6.07) is 7.51. The summed E-state index contributed by atoms with van der Waals surface area (Å²) in [5.74, 6) is -0.380. The molecule has 2 amide bonds. The van der Waals surface area contributed by atoms with Crippen LogP contribution in [-0.2, 0) is 10.2 Å². The van der Waals surface area contributed by atoms with E-state index in [9.17, 15) is 14.7 Å². The molecule has 0 aliphatic heterocycles. The van der Waals surface area contributed by atoms with Crippen LogP contribution in [0.5, 0.6) is 0 Å². The van der Waals surface area contributed by atoms with Gasteiger partial charge in [-0.1, -0.05) is 53.7 Å². The second-order valence-corrected chi connectivity index (χ2v) is 8.52. The second kappa shape index (κ2) is 8.48. The van der Waals surface area contributed by atoms with Gasteiger partial charge in [0.1, 0.15) is 0 Å². The molecule has 0 bridgehead atoms. The molecule has 1 unspecified atom stereocenters. The number of aliphatic hydroxyl groups is 1. The quantitative estimate of drug-likeness (QED) is 0.739. The number of hydrogen-bond acceptors (Lipinski definition) is 3. The highest BCUT2D eigenvalue weighted by molar-refractivity contribution is 5.94. The molecule has 140 valence electrons. The number of benzene rings is 1. The Bertz CT molecular complexity index is 580. The number of carbonyl (C=O) groups excluding carboxylic acids is 2. The lowest BCUT2D eigenvalue weighted by atomic mass is 9.87. The van der Waals surface area contributed by atoms with Crippen LogP contribution in [-0.4, -0.2) is 36.1 Å². The van der Waals surface area contributed by atoms with Crippen LogP contribution in [0.4, 0.5) is 0 Å². The molecule has 0 aliphatic carbocycles. The zero-order valence-corrected chi connectivity index (χ0v) is 16.3. The van der Waals surface area contributed by atoms with Crippen molar-refractivity contribution in [3.63, 3.8) is 0 Å². The van der Waals surface area contributed by atoms with Gasteiger partial charge < -0.3 is 15.7 Å². The minimum atomic E-state index is -0.604. The summed E-state index contributed by atoms with van der Waals surface area (Å²) in [5.41, 5.74) is 1.52. The monoisotopic (exact) mass is 348 g/mol. The molecule has 0 radical (unpaired) electrons. The molecule has 3 N–H and O–H groups in total. The van der Waals surface area contributed by atoms with Crippen LogP contribution in [0.2, 0.25) is 0 Å². The number of amides is 2. The lowest BCUT2D eigenvalue weighted by Gasteiger charge is -2.25. The average Bonchev–Trinajstić information content (AvgIpc) is 2.50. The van der Waals surface area contributed by atoms with E-state index in [4.69, 9.17) is 0 Å². The van der Waals surface area contributed by atoms with E-state index in [1.54, 1.807) is 12.1 Å². The number of rotatable bonds is 6. The highest BCUT2D eigenvalue weighted by atomic mass is 16.3. The third-order valence-corrected chi connectivity index (χ3v) is 4.14. The van der Waals surface area contributed by atoms with E-state index in [1.807, 2.05) is 32.9 Å². The highest BCUT2D eigenvalue weighted by Crippen LogP contribution is 2.22. The largest absolute Gasteiger partial charge is 0.391 e. The summed E-state index contributed by atoms with van der Waals surface area (Å²) < 4.78 is 0. The van der Waals surface area contributed by atoms with Crippen LogP contribution >= 0.6 is 0 Å². The van der Waals surface area contributed by atoms with Crippen molar-refractivity contribution in [2.45, 2.75) is 59.5 Å². The van der Waals surface area contributed by atoms with Crippen molar-refractivity contribution in [2.24, 2.45) is 5.41 Å². The molecular formula is C20H32N2O3. The molecule has 5 heteroatoms. The van der Waals surface area contributed by atoms with Gasteiger partial charge in [-0.3, -0.25) is 9.59 Å². The van der Waals surface area contributed by atoms with Crippen molar-refractivity contribution in [1.82, 2.24) is 10.6 Å². The molecule has 0 saturated carbocycles. The lowest BCUT2D eigenvalue weighted by molar-refractivity contribution is -0.121. The van der Waals surface area contributed by atoms with Gasteiger partial charge in [0.05, 0.1) is 6.10 Å². The van der Waals surface area contributed by atoms with Crippen molar-refractivity contribution < 1.29 is 14.7 Å². The average molecular weight is 348 g/mol. The van der Waals surface area contributed by atoms with Gasteiger partial charge in [-0.15, -0.1) is 0 Å². The van der Waals surface area contributed by atoms with E-state index in [-0.39, 0.29) is 42.2 Å². The summed E-state index contributed by atoms with van der Waals surface area (Å²) in [6.45, 7) is 12.6. The predicted octanol–water partition coefficient (Wildman–Crippen LogP) is 2.63. The van der Waals surface area contributed by atoms with Crippen molar-refractivity contribution in [2.75, 3.05) is 13.1 Å². The first-order valence-electron chi connectivity index (χ1n) is 8.75. The summed E-state index contributed by atoms with van der Waals surface area (Å²) in [7, 11) is 0. The van der Waals surface area contributed by atoms with Gasteiger partial charge in [-0.2, -0.15) is 0 Å². The fraction of sp³-hybridized carbons (Fsp3) is 0.600. The van der Waals surface area contributed by atoms with E-state index in [0.29, 0.717) is 5.56 Å². The van der Waals surface area contributed by atoms with Crippen LogP contribution in [0.1, 0.15) is 63.9 Å². The van der Waals surface area contributed by atoms with E-state index < -0.39 is 6.10 Å². The number of carbonyl (C=O) groups is 2. The predicted molar refractivity (Wildman–Crippen MR) is 101 cm³/mol. The maximum atomic E-state index is 12.1. The molecule has 0 aromatic heterocycles. The second-order valence-electron chi connectivity index (χ2n) is 8.52. The van der Waals surface area contributed by atoms with Crippen molar-refractivity contribution in [3.8, 4) is 0 Å². The Morgan fingerprint density at radius 3 is 2.04 bits per heavy atom. The standard InChI is InChI=1S/C20H32N2O3/c1-19(2,3)15-9-7-14(8-10-15)18(25)21-12-11-17(24)22-13-16(23)20(4,5)6/h7-10,16,23H,11-13H2,1-6H3,(H,21,25)(H,22,24). The molecular weight excluding hydrogens is 316 g/mol. The normalized spacial score (nSPS) is 13.2. The number of hydrogen-bond donors (Lipinski definition) is 3. The van der Waals surface area contributed by atoms with E-state index in [2.05, 4.69) is 31.4 Å². The van der Waals surface area contributed by atoms with Gasteiger partial charge in [0.2, 0.25) is 5.91 Å². The van der Waals surface area contributed by atoms with Crippen LogP contribution < -0.4 is 10.6 Å². The molecule has 5 nitrogen and oxygen atoms in total. The maximum Gasteiger partial charge on any atom is 0.251 e. The minimum Gasteiger partial charge on any atom is -0.391 e. The van der Waals surface area contributed by atoms with E-state index in [0.717, 1.165) is 0 Å². The molecule has 25 heavy (non-hydrogen) atoms. The fourth-order valence-corrected chi connectivity index (χ4v) is 2.12. The Hall–Kier alpha value is -1.88. The fourth-order valence-electron chi connectivity index (χ4n) is 2.12. The Labute approximate surface area is 151 Å². The smallest absolute Gasteiger partial charge is 0.251 e. The maximum absolute atomic E-state index is 12.1.